The summed E-state index contributed by atoms with van der Waals surface area (Å²) in [4.78, 5) is 11.2. The number of hydrogen-bond donors (Lipinski definition) is 0. The zero-order chi connectivity index (χ0) is 12.3. The predicted molar refractivity (Wildman–Crippen MR) is 56.3 cm³/mol. The van der Waals surface area contributed by atoms with Gasteiger partial charge in [-0.05, 0) is 61.7 Å². The fourth-order valence-corrected chi connectivity index (χ4v) is 4.95. The van der Waals surface area contributed by atoms with Crippen LogP contribution in [0, 0.1) is 23.2 Å². The molecule has 0 spiro atoms. The molecule has 4 aliphatic rings. The van der Waals surface area contributed by atoms with Gasteiger partial charge in [0.15, 0.2) is 0 Å². The summed E-state index contributed by atoms with van der Waals surface area (Å²) in [7, 11) is 0. The summed E-state index contributed by atoms with van der Waals surface area (Å²) in [6.07, 6.45) is 1.28. The number of hydrogen-bond acceptors (Lipinski definition) is 1. The average Bonchev–Trinajstić information content (AvgIpc) is 2.12. The third kappa shape index (κ3) is 2.00. The fraction of sp³-hybridized carbons (Fsp3) is 0.923. The second kappa shape index (κ2) is 3.48. The fourth-order valence-electron chi connectivity index (χ4n) is 4.95. The zero-order valence-corrected chi connectivity index (χ0v) is 9.72. The maximum absolute atomic E-state index is 12.4. The maximum Gasteiger partial charge on any atom is 0.449 e. The SMILES string of the molecule is O=C(CC12CC3CC(CC(C3)C1)C2)C(F)(F)F. The topological polar surface area (TPSA) is 17.1 Å². The van der Waals surface area contributed by atoms with E-state index in [1.165, 1.54) is 19.3 Å². The molecule has 1 nitrogen and oxygen atoms in total. The number of ketones is 1. The van der Waals surface area contributed by atoms with E-state index in [2.05, 4.69) is 0 Å². The second-order valence-electron chi connectivity index (χ2n) is 6.52. The molecule has 0 aromatic heterocycles. The van der Waals surface area contributed by atoms with Crippen molar-refractivity contribution in [2.45, 2.75) is 51.1 Å². The molecule has 0 aromatic rings. The molecule has 0 radical (unpaired) electrons. The zero-order valence-electron chi connectivity index (χ0n) is 9.72. The van der Waals surface area contributed by atoms with Gasteiger partial charge in [0.2, 0.25) is 5.78 Å². The van der Waals surface area contributed by atoms with Gasteiger partial charge in [-0.1, -0.05) is 0 Å². The molecule has 4 fully saturated rings. The van der Waals surface area contributed by atoms with E-state index < -0.39 is 12.0 Å². The van der Waals surface area contributed by atoms with Crippen molar-refractivity contribution >= 4 is 5.78 Å². The van der Waals surface area contributed by atoms with Gasteiger partial charge in [-0.3, -0.25) is 4.79 Å². The Bertz CT molecular complexity index is 310. The molecule has 4 heteroatoms. The molecule has 0 saturated heterocycles. The summed E-state index contributed by atoms with van der Waals surface area (Å²) < 4.78 is 37.2. The van der Waals surface area contributed by atoms with E-state index in [0.29, 0.717) is 17.8 Å². The quantitative estimate of drug-likeness (QED) is 0.725. The van der Waals surface area contributed by atoms with Crippen molar-refractivity contribution in [3.63, 3.8) is 0 Å². The van der Waals surface area contributed by atoms with E-state index >= 15 is 0 Å². The molecule has 0 aromatic carbocycles. The Morgan fingerprint density at radius 3 is 1.76 bits per heavy atom. The van der Waals surface area contributed by atoms with E-state index in [9.17, 15) is 18.0 Å². The van der Waals surface area contributed by atoms with Gasteiger partial charge in [-0.25, -0.2) is 0 Å². The van der Waals surface area contributed by atoms with Gasteiger partial charge in [0.05, 0.1) is 0 Å². The van der Waals surface area contributed by atoms with Gasteiger partial charge in [-0.15, -0.1) is 0 Å². The lowest BCUT2D eigenvalue weighted by Gasteiger charge is -2.56. The summed E-state index contributed by atoms with van der Waals surface area (Å²) in [6, 6.07) is 0. The number of halogens is 3. The number of rotatable bonds is 2. The highest BCUT2D eigenvalue weighted by Crippen LogP contribution is 2.61. The normalized spacial score (nSPS) is 44.1. The molecular formula is C13H17F3O. The molecule has 0 atom stereocenters. The molecule has 4 bridgehead atoms. The molecule has 4 rings (SSSR count). The van der Waals surface area contributed by atoms with Crippen LogP contribution in [-0.2, 0) is 4.79 Å². The van der Waals surface area contributed by atoms with Crippen molar-refractivity contribution in [3.05, 3.63) is 0 Å². The Morgan fingerprint density at radius 2 is 1.41 bits per heavy atom. The molecular weight excluding hydrogens is 229 g/mol. The van der Waals surface area contributed by atoms with Crippen molar-refractivity contribution in [2.24, 2.45) is 23.2 Å². The van der Waals surface area contributed by atoms with Crippen molar-refractivity contribution < 1.29 is 18.0 Å². The van der Waals surface area contributed by atoms with Gasteiger partial charge >= 0.3 is 6.18 Å². The largest absolute Gasteiger partial charge is 0.449 e. The lowest BCUT2D eigenvalue weighted by molar-refractivity contribution is -0.177. The molecule has 17 heavy (non-hydrogen) atoms. The lowest BCUT2D eigenvalue weighted by atomic mass is 9.48. The monoisotopic (exact) mass is 246 g/mol. The van der Waals surface area contributed by atoms with Crippen LogP contribution in [-0.4, -0.2) is 12.0 Å². The van der Waals surface area contributed by atoms with Crippen molar-refractivity contribution in [1.29, 1.82) is 0 Å². The third-order valence-electron chi connectivity index (χ3n) is 5.02. The van der Waals surface area contributed by atoms with Gasteiger partial charge in [0.1, 0.15) is 0 Å². The Labute approximate surface area is 98.8 Å². The minimum atomic E-state index is -4.64. The van der Waals surface area contributed by atoms with E-state index in [1.54, 1.807) is 0 Å². The van der Waals surface area contributed by atoms with E-state index in [0.717, 1.165) is 19.3 Å². The van der Waals surface area contributed by atoms with Crippen molar-refractivity contribution in [3.8, 4) is 0 Å². The molecule has 0 heterocycles. The summed E-state index contributed by atoms with van der Waals surface area (Å²) in [6.45, 7) is 0. The van der Waals surface area contributed by atoms with E-state index in [4.69, 9.17) is 0 Å². The number of alkyl halides is 3. The second-order valence-corrected chi connectivity index (χ2v) is 6.52. The Balaban J connectivity index is 1.76. The first-order valence-electron chi connectivity index (χ1n) is 6.46. The molecule has 0 unspecified atom stereocenters. The smallest absolute Gasteiger partial charge is 0.290 e. The molecule has 96 valence electrons. The molecule has 0 aliphatic heterocycles. The minimum absolute atomic E-state index is 0.250. The first kappa shape index (κ1) is 11.5. The highest BCUT2D eigenvalue weighted by molar-refractivity contribution is 5.84. The van der Waals surface area contributed by atoms with Crippen LogP contribution in [0.25, 0.3) is 0 Å². The molecule has 4 aliphatic carbocycles. The summed E-state index contributed by atoms with van der Waals surface area (Å²) >= 11 is 0. The predicted octanol–water partition coefficient (Wildman–Crippen LogP) is 3.72. The van der Waals surface area contributed by atoms with Crippen LogP contribution in [0.15, 0.2) is 0 Å². The summed E-state index contributed by atoms with van der Waals surface area (Å²) in [5, 5.41) is 0. The van der Waals surface area contributed by atoms with Crippen LogP contribution >= 0.6 is 0 Å². The van der Waals surface area contributed by atoms with Crippen LogP contribution in [0.4, 0.5) is 13.2 Å². The van der Waals surface area contributed by atoms with Crippen molar-refractivity contribution in [2.75, 3.05) is 0 Å². The van der Waals surface area contributed by atoms with E-state index in [1.807, 2.05) is 0 Å². The van der Waals surface area contributed by atoms with Gasteiger partial charge in [0, 0.05) is 6.42 Å². The minimum Gasteiger partial charge on any atom is -0.290 e. The Morgan fingerprint density at radius 1 is 1.00 bits per heavy atom. The summed E-state index contributed by atoms with van der Waals surface area (Å²) in [5.41, 5.74) is -0.290. The van der Waals surface area contributed by atoms with Gasteiger partial charge in [-0.2, -0.15) is 13.2 Å². The highest BCUT2D eigenvalue weighted by atomic mass is 19.4. The molecule has 0 amide bonds. The van der Waals surface area contributed by atoms with Gasteiger partial charge in [0.25, 0.3) is 0 Å². The number of carbonyl (C=O) groups is 1. The van der Waals surface area contributed by atoms with Crippen LogP contribution in [0.2, 0.25) is 0 Å². The Kier molecular flexibility index (Phi) is 2.37. The van der Waals surface area contributed by atoms with Crippen LogP contribution in [0.1, 0.15) is 44.9 Å². The lowest BCUT2D eigenvalue weighted by Crippen LogP contribution is -2.48. The van der Waals surface area contributed by atoms with Crippen molar-refractivity contribution in [1.82, 2.24) is 0 Å². The van der Waals surface area contributed by atoms with Crippen LogP contribution in [0.3, 0.4) is 0 Å². The van der Waals surface area contributed by atoms with Gasteiger partial charge < -0.3 is 0 Å². The first-order valence-corrected chi connectivity index (χ1v) is 6.46. The van der Waals surface area contributed by atoms with Crippen LogP contribution in [0.5, 0.6) is 0 Å². The molecule has 0 N–H and O–H groups in total. The standard InChI is InChI=1S/C13H17F3O/c14-13(15,16)11(17)7-12-4-8-1-9(5-12)3-10(2-8)6-12/h8-10H,1-7H2. The first-order chi connectivity index (χ1) is 7.86. The number of carbonyl (C=O) groups excluding carboxylic acids is 1. The highest BCUT2D eigenvalue weighted by Gasteiger charge is 2.53. The molecule has 4 saturated carbocycles. The third-order valence-corrected chi connectivity index (χ3v) is 5.02. The maximum atomic E-state index is 12.4. The van der Waals surface area contributed by atoms with E-state index in [-0.39, 0.29) is 11.8 Å². The number of Topliss-reactive ketones (excluding diaryl/α,β-unsaturated/α-hetero) is 1. The van der Waals surface area contributed by atoms with Crippen LogP contribution < -0.4 is 0 Å². The summed E-state index contributed by atoms with van der Waals surface area (Å²) in [5.74, 6) is 0.298. The average molecular weight is 246 g/mol. The Hall–Kier alpha value is -0.540.